The molecule has 0 aliphatic rings. The van der Waals surface area contributed by atoms with Crippen molar-refractivity contribution in [1.82, 2.24) is 0 Å². The minimum Gasteiger partial charge on any atom is -0.508 e. The van der Waals surface area contributed by atoms with E-state index in [4.69, 9.17) is 5.11 Å². The topological polar surface area (TPSA) is 20.2 Å². The maximum Gasteiger partial charge on any atom is 0.110 e. The summed E-state index contributed by atoms with van der Waals surface area (Å²) in [5, 5.41) is 8.99. The summed E-state index contributed by atoms with van der Waals surface area (Å²) in [7, 11) is 0. The van der Waals surface area contributed by atoms with E-state index in [0.29, 0.717) is 5.76 Å². The fourth-order valence-electron chi connectivity index (χ4n) is 0.812. The van der Waals surface area contributed by atoms with Gasteiger partial charge in [0.05, 0.1) is 0 Å². The monoisotopic (exact) mass is 154 g/mol. The Bertz CT molecular complexity index is 134. The third-order valence-corrected chi connectivity index (χ3v) is 1.56. The van der Waals surface area contributed by atoms with Crippen molar-refractivity contribution in [3.05, 3.63) is 24.0 Å². The number of rotatable bonds is 5. The second kappa shape index (κ2) is 7.39. The maximum atomic E-state index is 8.99. The molecular weight excluding hydrogens is 136 g/mol. The second-order valence-electron chi connectivity index (χ2n) is 2.61. The Balaban J connectivity index is 3.30. The van der Waals surface area contributed by atoms with Gasteiger partial charge < -0.3 is 5.11 Å². The number of hydrogen-bond donors (Lipinski definition) is 1. The van der Waals surface area contributed by atoms with Crippen LogP contribution in [0.4, 0.5) is 0 Å². The third-order valence-electron chi connectivity index (χ3n) is 1.56. The highest BCUT2D eigenvalue weighted by molar-refractivity contribution is 5.08. The fraction of sp³-hybridized carbons (Fsp3) is 0.600. The molecule has 64 valence electrons. The summed E-state index contributed by atoms with van der Waals surface area (Å²) < 4.78 is 0. The molecule has 11 heavy (non-hydrogen) atoms. The van der Waals surface area contributed by atoms with Gasteiger partial charge in [-0.15, -0.1) is 0 Å². The molecule has 0 aromatic heterocycles. The van der Waals surface area contributed by atoms with Crippen molar-refractivity contribution >= 4 is 0 Å². The molecular formula is C10H18O. The van der Waals surface area contributed by atoms with Crippen molar-refractivity contribution in [2.75, 3.05) is 0 Å². The molecule has 0 unspecified atom stereocenters. The molecule has 0 fully saturated rings. The molecule has 0 spiro atoms. The Morgan fingerprint density at radius 2 is 2.09 bits per heavy atom. The molecule has 0 saturated carbocycles. The molecule has 1 N–H and O–H groups in total. The van der Waals surface area contributed by atoms with Crippen LogP contribution in [0, 0.1) is 0 Å². The average Bonchev–Trinajstić information content (AvgIpc) is 2.04. The lowest BCUT2D eigenvalue weighted by atomic mass is 10.2. The third kappa shape index (κ3) is 7.17. The van der Waals surface area contributed by atoms with E-state index in [1.54, 1.807) is 12.2 Å². The first-order chi connectivity index (χ1) is 5.31. The normalized spacial score (nSPS) is 12.7. The zero-order valence-electron chi connectivity index (χ0n) is 7.51. The van der Waals surface area contributed by atoms with Crippen LogP contribution in [0.3, 0.4) is 0 Å². The van der Waals surface area contributed by atoms with Crippen LogP contribution in [0.15, 0.2) is 24.0 Å². The van der Waals surface area contributed by atoms with E-state index in [2.05, 4.69) is 6.92 Å². The molecule has 1 heteroatoms. The zero-order valence-corrected chi connectivity index (χ0v) is 7.51. The van der Waals surface area contributed by atoms with Gasteiger partial charge >= 0.3 is 0 Å². The lowest BCUT2D eigenvalue weighted by Gasteiger charge is -1.91. The summed E-state index contributed by atoms with van der Waals surface area (Å²) in [4.78, 5) is 0. The van der Waals surface area contributed by atoms with Crippen LogP contribution < -0.4 is 0 Å². The maximum absolute atomic E-state index is 8.99. The van der Waals surface area contributed by atoms with Gasteiger partial charge in [-0.2, -0.15) is 0 Å². The van der Waals surface area contributed by atoms with Crippen LogP contribution in [0.5, 0.6) is 0 Å². The highest BCUT2D eigenvalue weighted by Crippen LogP contribution is 2.00. The first-order valence-electron chi connectivity index (χ1n) is 4.33. The average molecular weight is 154 g/mol. The Kier molecular flexibility index (Phi) is 6.90. The van der Waals surface area contributed by atoms with Gasteiger partial charge in [0.2, 0.25) is 0 Å². The van der Waals surface area contributed by atoms with Gasteiger partial charge in [0.1, 0.15) is 5.76 Å². The molecule has 0 saturated heterocycles. The molecule has 0 bridgehead atoms. The quantitative estimate of drug-likeness (QED) is 0.364. The van der Waals surface area contributed by atoms with E-state index in [-0.39, 0.29) is 0 Å². The smallest absolute Gasteiger partial charge is 0.110 e. The molecule has 0 aliphatic carbocycles. The highest BCUT2D eigenvalue weighted by Gasteiger charge is 1.82. The van der Waals surface area contributed by atoms with Gasteiger partial charge in [-0.1, -0.05) is 25.8 Å². The van der Waals surface area contributed by atoms with Gasteiger partial charge in [0.25, 0.3) is 0 Å². The molecule has 0 radical (unpaired) electrons. The van der Waals surface area contributed by atoms with Crippen molar-refractivity contribution in [3.8, 4) is 0 Å². The second-order valence-corrected chi connectivity index (χ2v) is 2.61. The SMILES string of the molecule is C/C=C(O)/C=C/CCCCC. The lowest BCUT2D eigenvalue weighted by Crippen LogP contribution is -1.73. The standard InChI is InChI=1S/C10H18O/c1-3-5-6-7-8-9-10(11)4-2/h4,8-9,11H,3,5-7H2,1-2H3/b9-8+,10-4-. The zero-order chi connectivity index (χ0) is 8.53. The van der Waals surface area contributed by atoms with Crippen LogP contribution in [0.2, 0.25) is 0 Å². The lowest BCUT2D eigenvalue weighted by molar-refractivity contribution is 0.431. The Labute approximate surface area is 69.4 Å². The van der Waals surface area contributed by atoms with E-state index in [1.165, 1.54) is 19.3 Å². The highest BCUT2D eigenvalue weighted by atomic mass is 16.3. The summed E-state index contributed by atoms with van der Waals surface area (Å²) in [6, 6.07) is 0. The Morgan fingerprint density at radius 3 is 2.64 bits per heavy atom. The van der Waals surface area contributed by atoms with Crippen LogP contribution in [0.25, 0.3) is 0 Å². The fourth-order valence-corrected chi connectivity index (χ4v) is 0.812. The number of allylic oxidation sites excluding steroid dienone is 3. The summed E-state index contributed by atoms with van der Waals surface area (Å²) in [5.74, 6) is 0.362. The summed E-state index contributed by atoms with van der Waals surface area (Å²) in [5.41, 5.74) is 0. The van der Waals surface area contributed by atoms with Crippen LogP contribution >= 0.6 is 0 Å². The first kappa shape index (κ1) is 10.3. The van der Waals surface area contributed by atoms with Crippen molar-refractivity contribution < 1.29 is 5.11 Å². The summed E-state index contributed by atoms with van der Waals surface area (Å²) in [6.45, 7) is 4.01. The number of aliphatic hydroxyl groups is 1. The molecule has 0 aromatic carbocycles. The van der Waals surface area contributed by atoms with E-state index >= 15 is 0 Å². The summed E-state index contributed by atoms with van der Waals surface area (Å²) >= 11 is 0. The van der Waals surface area contributed by atoms with Crippen LogP contribution in [0.1, 0.15) is 39.5 Å². The van der Waals surface area contributed by atoms with E-state index in [1.807, 2.05) is 13.0 Å². The molecule has 0 amide bonds. The summed E-state index contributed by atoms with van der Waals surface area (Å²) in [6.07, 6.45) is 10.3. The van der Waals surface area contributed by atoms with Gasteiger partial charge in [-0.05, 0) is 31.9 Å². The number of unbranched alkanes of at least 4 members (excludes halogenated alkanes) is 3. The van der Waals surface area contributed by atoms with Crippen LogP contribution in [-0.2, 0) is 0 Å². The molecule has 0 aliphatic heterocycles. The van der Waals surface area contributed by atoms with E-state index in [9.17, 15) is 0 Å². The molecule has 0 rings (SSSR count). The predicted octanol–water partition coefficient (Wildman–Crippen LogP) is 3.58. The Hall–Kier alpha value is -0.720. The molecule has 1 nitrogen and oxygen atoms in total. The van der Waals surface area contributed by atoms with Crippen molar-refractivity contribution in [2.24, 2.45) is 0 Å². The first-order valence-corrected chi connectivity index (χ1v) is 4.33. The van der Waals surface area contributed by atoms with Gasteiger partial charge in [-0.25, -0.2) is 0 Å². The van der Waals surface area contributed by atoms with Crippen molar-refractivity contribution in [1.29, 1.82) is 0 Å². The largest absolute Gasteiger partial charge is 0.508 e. The van der Waals surface area contributed by atoms with Crippen LogP contribution in [-0.4, -0.2) is 5.11 Å². The van der Waals surface area contributed by atoms with E-state index in [0.717, 1.165) is 6.42 Å². The minimum atomic E-state index is 0.362. The number of hydrogen-bond acceptors (Lipinski definition) is 1. The predicted molar refractivity (Wildman–Crippen MR) is 49.7 cm³/mol. The Morgan fingerprint density at radius 1 is 1.36 bits per heavy atom. The molecule has 0 aromatic rings. The van der Waals surface area contributed by atoms with Crippen molar-refractivity contribution in [3.63, 3.8) is 0 Å². The van der Waals surface area contributed by atoms with Gasteiger partial charge in [0.15, 0.2) is 0 Å². The van der Waals surface area contributed by atoms with Gasteiger partial charge in [-0.3, -0.25) is 0 Å². The van der Waals surface area contributed by atoms with Gasteiger partial charge in [0, 0.05) is 0 Å². The molecule has 0 heterocycles. The van der Waals surface area contributed by atoms with E-state index < -0.39 is 0 Å². The molecule has 0 atom stereocenters. The minimum absolute atomic E-state index is 0.362. The van der Waals surface area contributed by atoms with Crippen molar-refractivity contribution in [2.45, 2.75) is 39.5 Å². The number of aliphatic hydroxyl groups excluding tert-OH is 1.